The SMILES string of the molecule is CC(C)(C)CC(N)Cc1nc(-c2ccccc2)no1. The van der Waals surface area contributed by atoms with Crippen LogP contribution >= 0.6 is 0 Å². The van der Waals surface area contributed by atoms with Crippen molar-refractivity contribution in [2.24, 2.45) is 11.1 Å². The standard InChI is InChI=1S/C15H21N3O/c1-15(2,3)10-12(16)9-13-17-14(18-19-13)11-7-5-4-6-8-11/h4-8,12H,9-10,16H2,1-3H3. The molecule has 1 atom stereocenters. The van der Waals surface area contributed by atoms with Gasteiger partial charge >= 0.3 is 0 Å². The molecule has 2 rings (SSSR count). The van der Waals surface area contributed by atoms with E-state index >= 15 is 0 Å². The second kappa shape index (κ2) is 5.53. The quantitative estimate of drug-likeness (QED) is 0.916. The molecular formula is C15H21N3O. The minimum absolute atomic E-state index is 0.0454. The minimum atomic E-state index is 0.0454. The van der Waals surface area contributed by atoms with E-state index in [-0.39, 0.29) is 11.5 Å². The fraction of sp³-hybridized carbons (Fsp3) is 0.467. The van der Waals surface area contributed by atoms with E-state index in [2.05, 4.69) is 30.9 Å². The molecule has 0 radical (unpaired) electrons. The lowest BCUT2D eigenvalue weighted by Gasteiger charge is -2.21. The average molecular weight is 259 g/mol. The van der Waals surface area contributed by atoms with Crippen molar-refractivity contribution in [3.63, 3.8) is 0 Å². The van der Waals surface area contributed by atoms with Gasteiger partial charge in [0.15, 0.2) is 0 Å². The van der Waals surface area contributed by atoms with Crippen LogP contribution in [0.3, 0.4) is 0 Å². The number of nitrogens with zero attached hydrogens (tertiary/aromatic N) is 2. The lowest BCUT2D eigenvalue weighted by molar-refractivity contribution is 0.313. The predicted molar refractivity (Wildman–Crippen MR) is 75.5 cm³/mol. The van der Waals surface area contributed by atoms with Gasteiger partial charge in [-0.15, -0.1) is 0 Å². The highest BCUT2D eigenvalue weighted by Crippen LogP contribution is 2.22. The molecule has 2 aromatic rings. The largest absolute Gasteiger partial charge is 0.339 e. The molecule has 0 saturated carbocycles. The first-order valence-electron chi connectivity index (χ1n) is 6.58. The van der Waals surface area contributed by atoms with Gasteiger partial charge in [-0.3, -0.25) is 0 Å². The van der Waals surface area contributed by atoms with E-state index in [0.717, 1.165) is 12.0 Å². The van der Waals surface area contributed by atoms with Gasteiger partial charge in [0.05, 0.1) is 0 Å². The van der Waals surface area contributed by atoms with Crippen molar-refractivity contribution >= 4 is 0 Å². The van der Waals surface area contributed by atoms with Crippen molar-refractivity contribution in [2.45, 2.75) is 39.7 Å². The van der Waals surface area contributed by atoms with Crippen LogP contribution in [0.2, 0.25) is 0 Å². The van der Waals surface area contributed by atoms with Crippen LogP contribution in [-0.4, -0.2) is 16.2 Å². The summed E-state index contributed by atoms with van der Waals surface area (Å²) >= 11 is 0. The summed E-state index contributed by atoms with van der Waals surface area (Å²) in [6.45, 7) is 6.53. The highest BCUT2D eigenvalue weighted by molar-refractivity contribution is 5.53. The fourth-order valence-electron chi connectivity index (χ4n) is 2.13. The molecule has 19 heavy (non-hydrogen) atoms. The van der Waals surface area contributed by atoms with E-state index in [0.29, 0.717) is 18.1 Å². The summed E-state index contributed by atoms with van der Waals surface area (Å²) in [6.07, 6.45) is 1.55. The maximum absolute atomic E-state index is 6.11. The topological polar surface area (TPSA) is 64.9 Å². The summed E-state index contributed by atoms with van der Waals surface area (Å²) in [7, 11) is 0. The Kier molecular flexibility index (Phi) is 4.00. The molecular weight excluding hydrogens is 238 g/mol. The number of aromatic nitrogens is 2. The monoisotopic (exact) mass is 259 g/mol. The first-order valence-corrected chi connectivity index (χ1v) is 6.58. The van der Waals surface area contributed by atoms with Gasteiger partial charge in [-0.05, 0) is 11.8 Å². The summed E-state index contributed by atoms with van der Waals surface area (Å²) in [6, 6.07) is 9.84. The number of hydrogen-bond donors (Lipinski definition) is 1. The van der Waals surface area contributed by atoms with E-state index in [9.17, 15) is 0 Å². The van der Waals surface area contributed by atoms with Crippen LogP contribution in [0.4, 0.5) is 0 Å². The van der Waals surface area contributed by atoms with Crippen molar-refractivity contribution in [1.29, 1.82) is 0 Å². The molecule has 1 unspecified atom stereocenters. The van der Waals surface area contributed by atoms with Gasteiger partial charge in [-0.1, -0.05) is 56.3 Å². The van der Waals surface area contributed by atoms with Gasteiger partial charge in [-0.25, -0.2) is 0 Å². The molecule has 0 aliphatic carbocycles. The molecule has 102 valence electrons. The van der Waals surface area contributed by atoms with E-state index in [1.54, 1.807) is 0 Å². The van der Waals surface area contributed by atoms with Crippen molar-refractivity contribution in [3.05, 3.63) is 36.2 Å². The summed E-state index contributed by atoms with van der Waals surface area (Å²) in [5.41, 5.74) is 7.28. The zero-order valence-corrected chi connectivity index (χ0v) is 11.8. The van der Waals surface area contributed by atoms with Gasteiger partial charge < -0.3 is 10.3 Å². The lowest BCUT2D eigenvalue weighted by atomic mass is 9.87. The van der Waals surface area contributed by atoms with E-state index in [1.807, 2.05) is 30.3 Å². The van der Waals surface area contributed by atoms with Crippen molar-refractivity contribution in [3.8, 4) is 11.4 Å². The Bertz CT molecular complexity index is 514. The summed E-state index contributed by atoms with van der Waals surface area (Å²) in [5, 5.41) is 3.99. The molecule has 1 aromatic carbocycles. The lowest BCUT2D eigenvalue weighted by Crippen LogP contribution is -2.28. The first kappa shape index (κ1) is 13.7. The molecule has 1 heterocycles. The van der Waals surface area contributed by atoms with Crippen LogP contribution < -0.4 is 5.73 Å². The number of rotatable bonds is 4. The Balaban J connectivity index is 2.02. The highest BCUT2D eigenvalue weighted by Gasteiger charge is 2.18. The second-order valence-electron chi connectivity index (χ2n) is 6.11. The molecule has 0 spiro atoms. The van der Waals surface area contributed by atoms with Crippen LogP contribution in [0.25, 0.3) is 11.4 Å². The third kappa shape index (κ3) is 4.17. The molecule has 0 fully saturated rings. The third-order valence-electron chi connectivity index (χ3n) is 2.81. The van der Waals surface area contributed by atoms with Crippen LogP contribution in [0.1, 0.15) is 33.1 Å². The second-order valence-corrected chi connectivity index (χ2v) is 6.11. The zero-order chi connectivity index (χ0) is 13.9. The fourth-order valence-corrected chi connectivity index (χ4v) is 2.13. The normalized spacial score (nSPS) is 13.5. The molecule has 0 bridgehead atoms. The number of hydrogen-bond acceptors (Lipinski definition) is 4. The molecule has 0 saturated heterocycles. The summed E-state index contributed by atoms with van der Waals surface area (Å²) in [5.74, 6) is 1.23. The molecule has 4 heteroatoms. The minimum Gasteiger partial charge on any atom is -0.339 e. The van der Waals surface area contributed by atoms with E-state index in [1.165, 1.54) is 0 Å². The Hall–Kier alpha value is -1.68. The smallest absolute Gasteiger partial charge is 0.228 e. The van der Waals surface area contributed by atoms with Gasteiger partial charge in [0.25, 0.3) is 0 Å². The number of nitrogens with two attached hydrogens (primary N) is 1. The first-order chi connectivity index (χ1) is 8.94. The van der Waals surface area contributed by atoms with Gasteiger partial charge in [0.1, 0.15) is 0 Å². The Labute approximate surface area is 114 Å². The van der Waals surface area contributed by atoms with Crippen LogP contribution in [-0.2, 0) is 6.42 Å². The Morgan fingerprint density at radius 1 is 1.21 bits per heavy atom. The molecule has 2 N–H and O–H groups in total. The van der Waals surface area contributed by atoms with Crippen LogP contribution in [0, 0.1) is 5.41 Å². The molecule has 4 nitrogen and oxygen atoms in total. The molecule has 0 amide bonds. The van der Waals surface area contributed by atoms with Crippen molar-refractivity contribution < 1.29 is 4.52 Å². The van der Waals surface area contributed by atoms with Gasteiger partial charge in [-0.2, -0.15) is 4.98 Å². The maximum Gasteiger partial charge on any atom is 0.228 e. The van der Waals surface area contributed by atoms with Crippen LogP contribution in [0.5, 0.6) is 0 Å². The maximum atomic E-state index is 6.11. The molecule has 0 aliphatic heterocycles. The van der Waals surface area contributed by atoms with E-state index in [4.69, 9.17) is 10.3 Å². The average Bonchev–Trinajstić information content (AvgIpc) is 2.76. The highest BCUT2D eigenvalue weighted by atomic mass is 16.5. The molecule has 1 aromatic heterocycles. The zero-order valence-electron chi connectivity index (χ0n) is 11.8. The van der Waals surface area contributed by atoms with Crippen LogP contribution in [0.15, 0.2) is 34.9 Å². The Morgan fingerprint density at radius 3 is 2.53 bits per heavy atom. The number of benzene rings is 1. The van der Waals surface area contributed by atoms with Crippen molar-refractivity contribution in [2.75, 3.05) is 0 Å². The Morgan fingerprint density at radius 2 is 1.89 bits per heavy atom. The summed E-state index contributed by atoms with van der Waals surface area (Å²) in [4.78, 5) is 4.39. The molecule has 0 aliphatic rings. The third-order valence-corrected chi connectivity index (χ3v) is 2.81. The predicted octanol–water partition coefficient (Wildman–Crippen LogP) is 3.04. The van der Waals surface area contributed by atoms with Gasteiger partial charge in [0, 0.05) is 18.0 Å². The van der Waals surface area contributed by atoms with Gasteiger partial charge in [0.2, 0.25) is 11.7 Å². The van der Waals surface area contributed by atoms with E-state index < -0.39 is 0 Å². The summed E-state index contributed by atoms with van der Waals surface area (Å²) < 4.78 is 5.26. The van der Waals surface area contributed by atoms with Crippen molar-refractivity contribution in [1.82, 2.24) is 10.1 Å².